The van der Waals surface area contributed by atoms with E-state index in [-0.39, 0.29) is 35.5 Å². The van der Waals surface area contributed by atoms with E-state index in [0.29, 0.717) is 0 Å². The molecule has 4 rings (SSSR count). The number of hydrogen-bond acceptors (Lipinski definition) is 5. The summed E-state index contributed by atoms with van der Waals surface area (Å²) in [6.07, 6.45) is 6.83. The first-order valence-corrected chi connectivity index (χ1v) is 10.7. The number of amides is 1. The summed E-state index contributed by atoms with van der Waals surface area (Å²) in [4.78, 5) is 16.5. The third-order valence-electron chi connectivity index (χ3n) is 5.47. The van der Waals surface area contributed by atoms with Gasteiger partial charge in [0.2, 0.25) is 15.9 Å². The van der Waals surface area contributed by atoms with E-state index < -0.39 is 10.0 Å². The van der Waals surface area contributed by atoms with Crippen LogP contribution in [0.1, 0.15) is 37.3 Å². The smallest absolute Gasteiger partial charge is 0.241 e. The van der Waals surface area contributed by atoms with Crippen molar-refractivity contribution in [1.29, 1.82) is 0 Å². The van der Waals surface area contributed by atoms with Gasteiger partial charge in [0.1, 0.15) is 0 Å². The van der Waals surface area contributed by atoms with Crippen LogP contribution in [0.3, 0.4) is 0 Å². The molecular formula is C18H23N5O3S. The first-order valence-electron chi connectivity index (χ1n) is 9.17. The lowest BCUT2D eigenvalue weighted by molar-refractivity contribution is -0.135. The van der Waals surface area contributed by atoms with Crippen molar-refractivity contribution in [2.24, 2.45) is 0 Å². The molecule has 0 spiro atoms. The highest BCUT2D eigenvalue weighted by Crippen LogP contribution is 2.40. The predicted molar refractivity (Wildman–Crippen MR) is 98.3 cm³/mol. The van der Waals surface area contributed by atoms with Gasteiger partial charge in [-0.05, 0) is 50.3 Å². The molecule has 1 amide bonds. The molecule has 2 saturated heterocycles. The zero-order chi connectivity index (χ0) is 19.0. The molecule has 27 heavy (non-hydrogen) atoms. The highest BCUT2D eigenvalue weighted by Gasteiger charge is 2.44. The zero-order valence-corrected chi connectivity index (χ0v) is 16.0. The van der Waals surface area contributed by atoms with Gasteiger partial charge in [0.25, 0.3) is 0 Å². The quantitative estimate of drug-likeness (QED) is 0.830. The van der Waals surface area contributed by atoms with Crippen LogP contribution in [0.25, 0.3) is 0 Å². The second kappa shape index (κ2) is 7.05. The van der Waals surface area contributed by atoms with Crippen molar-refractivity contribution >= 4 is 15.9 Å². The van der Waals surface area contributed by atoms with Crippen LogP contribution in [0.4, 0.5) is 0 Å². The molecular weight excluding hydrogens is 366 g/mol. The molecule has 2 atom stereocenters. The Kier molecular flexibility index (Phi) is 4.73. The molecule has 2 unspecified atom stereocenters. The Hall–Kier alpha value is -2.26. The number of carbonyl (C=O) groups excluding carboxylic acids is 1. The predicted octanol–water partition coefficient (Wildman–Crippen LogP) is 1.26. The first-order chi connectivity index (χ1) is 12.9. The van der Waals surface area contributed by atoms with Gasteiger partial charge >= 0.3 is 0 Å². The number of hydrogen-bond donors (Lipinski definition) is 1. The maximum Gasteiger partial charge on any atom is 0.241 e. The fourth-order valence-corrected chi connectivity index (χ4v) is 5.35. The van der Waals surface area contributed by atoms with E-state index in [4.69, 9.17) is 0 Å². The van der Waals surface area contributed by atoms with Gasteiger partial charge in [0.05, 0.1) is 29.9 Å². The summed E-state index contributed by atoms with van der Waals surface area (Å²) in [6.45, 7) is 1.62. The highest BCUT2D eigenvalue weighted by atomic mass is 32.2. The Morgan fingerprint density at radius 1 is 1.15 bits per heavy atom. The Bertz CT molecular complexity index is 914. The maximum atomic E-state index is 12.8. The van der Waals surface area contributed by atoms with Gasteiger partial charge in [0.15, 0.2) is 0 Å². The number of rotatable bonds is 5. The molecule has 1 aromatic heterocycles. The summed E-state index contributed by atoms with van der Waals surface area (Å²) in [5, 5.41) is 8.45. The van der Waals surface area contributed by atoms with Crippen molar-refractivity contribution < 1.29 is 13.2 Å². The van der Waals surface area contributed by atoms with Crippen LogP contribution >= 0.6 is 0 Å². The molecule has 0 radical (unpaired) electrons. The van der Waals surface area contributed by atoms with Gasteiger partial charge in [-0.2, -0.15) is 15.0 Å². The zero-order valence-electron chi connectivity index (χ0n) is 15.2. The minimum absolute atomic E-state index is 0.121. The van der Waals surface area contributed by atoms with Gasteiger partial charge in [-0.25, -0.2) is 13.1 Å². The summed E-state index contributed by atoms with van der Waals surface area (Å²) in [5.74, 6) is -0.161. The second-order valence-corrected chi connectivity index (χ2v) is 9.07. The largest absolute Gasteiger partial charge is 0.335 e. The molecule has 0 aliphatic carbocycles. The van der Waals surface area contributed by atoms with Gasteiger partial charge in [-0.15, -0.1) is 0 Å². The van der Waals surface area contributed by atoms with Crippen LogP contribution in [0.5, 0.6) is 0 Å². The topological polar surface area (TPSA) is 97.2 Å². The van der Waals surface area contributed by atoms with Crippen molar-refractivity contribution in [1.82, 2.24) is 24.6 Å². The van der Waals surface area contributed by atoms with E-state index >= 15 is 0 Å². The number of sulfonamides is 1. The standard InChI is InChI=1S/C18H23N5O3S/c1-13-3-2-4-17(9-13)27(25,26)21-12-18(24)22-14-5-6-15(22)11-16(10-14)23-19-7-8-20-23/h2-4,7-9,14-16,21H,5-6,10-12H2,1H3. The van der Waals surface area contributed by atoms with E-state index in [1.165, 1.54) is 6.07 Å². The molecule has 3 heterocycles. The summed E-state index contributed by atoms with van der Waals surface area (Å²) in [7, 11) is -3.70. The van der Waals surface area contributed by atoms with Crippen molar-refractivity contribution in [3.05, 3.63) is 42.2 Å². The number of fused-ring (bicyclic) bond motifs is 2. The van der Waals surface area contributed by atoms with Crippen LogP contribution in [-0.4, -0.2) is 52.8 Å². The van der Waals surface area contributed by atoms with Crippen LogP contribution in [0, 0.1) is 6.92 Å². The number of aryl methyl sites for hydroxylation is 1. The Labute approximate surface area is 158 Å². The molecule has 2 fully saturated rings. The van der Waals surface area contributed by atoms with Gasteiger partial charge in [-0.3, -0.25) is 4.79 Å². The number of nitrogens with zero attached hydrogens (tertiary/aromatic N) is 4. The molecule has 144 valence electrons. The lowest BCUT2D eigenvalue weighted by Gasteiger charge is -2.38. The van der Waals surface area contributed by atoms with Crippen molar-refractivity contribution in [2.75, 3.05) is 6.54 Å². The third-order valence-corrected chi connectivity index (χ3v) is 6.87. The van der Waals surface area contributed by atoms with E-state index in [2.05, 4.69) is 14.9 Å². The minimum Gasteiger partial charge on any atom is -0.335 e. The molecule has 2 bridgehead atoms. The summed E-state index contributed by atoms with van der Waals surface area (Å²) < 4.78 is 27.4. The number of aromatic nitrogens is 3. The van der Waals surface area contributed by atoms with Gasteiger partial charge in [0, 0.05) is 12.1 Å². The van der Waals surface area contributed by atoms with Crippen molar-refractivity contribution in [3.8, 4) is 0 Å². The molecule has 2 aromatic rings. The summed E-state index contributed by atoms with van der Waals surface area (Å²) in [5.41, 5.74) is 0.858. The fourth-order valence-electron chi connectivity index (χ4n) is 4.27. The normalized spacial score (nSPS) is 24.9. The molecule has 9 heteroatoms. The van der Waals surface area contributed by atoms with E-state index in [9.17, 15) is 13.2 Å². The SMILES string of the molecule is Cc1cccc(S(=O)(=O)NCC(=O)N2C3CCC2CC(n2nccn2)C3)c1. The van der Waals surface area contributed by atoms with Crippen LogP contribution in [-0.2, 0) is 14.8 Å². The third kappa shape index (κ3) is 3.61. The maximum absolute atomic E-state index is 12.8. The lowest BCUT2D eigenvalue weighted by Crippen LogP contribution is -2.50. The highest BCUT2D eigenvalue weighted by molar-refractivity contribution is 7.89. The average molecular weight is 389 g/mol. The number of piperidine rings is 1. The van der Waals surface area contributed by atoms with Crippen LogP contribution < -0.4 is 4.72 Å². The molecule has 1 N–H and O–H groups in total. The first kappa shape index (κ1) is 18.1. The van der Waals surface area contributed by atoms with Gasteiger partial charge in [-0.1, -0.05) is 12.1 Å². The van der Waals surface area contributed by atoms with E-state index in [0.717, 1.165) is 31.2 Å². The Morgan fingerprint density at radius 3 is 2.44 bits per heavy atom. The summed E-state index contributed by atoms with van der Waals surface area (Å²) in [6, 6.07) is 7.10. The lowest BCUT2D eigenvalue weighted by atomic mass is 9.97. The van der Waals surface area contributed by atoms with Crippen LogP contribution in [0.2, 0.25) is 0 Å². The molecule has 1 aromatic carbocycles. The van der Waals surface area contributed by atoms with Crippen LogP contribution in [0.15, 0.2) is 41.6 Å². The Balaban J connectivity index is 1.41. The fraction of sp³-hybridized carbons (Fsp3) is 0.500. The number of nitrogens with one attached hydrogen (secondary N) is 1. The monoisotopic (exact) mass is 389 g/mol. The second-order valence-electron chi connectivity index (χ2n) is 7.30. The van der Waals surface area contributed by atoms with Gasteiger partial charge < -0.3 is 4.90 Å². The van der Waals surface area contributed by atoms with Crippen molar-refractivity contribution in [2.45, 2.75) is 55.6 Å². The van der Waals surface area contributed by atoms with E-state index in [1.807, 2.05) is 17.9 Å². The molecule has 0 saturated carbocycles. The molecule has 2 aliphatic heterocycles. The summed E-state index contributed by atoms with van der Waals surface area (Å²) >= 11 is 0. The molecule has 2 aliphatic rings. The number of carbonyl (C=O) groups is 1. The average Bonchev–Trinajstić information content (AvgIpc) is 3.26. The van der Waals surface area contributed by atoms with Crippen molar-refractivity contribution in [3.63, 3.8) is 0 Å². The van der Waals surface area contributed by atoms with E-state index in [1.54, 1.807) is 29.3 Å². The Morgan fingerprint density at radius 2 is 1.81 bits per heavy atom. The molecule has 8 nitrogen and oxygen atoms in total. The minimum atomic E-state index is -3.70. The number of benzene rings is 1.